The van der Waals surface area contributed by atoms with E-state index in [1.165, 1.54) is 17.2 Å². The minimum absolute atomic E-state index is 0.0773. The second-order valence-electron chi connectivity index (χ2n) is 8.35. The first kappa shape index (κ1) is 24.4. The molecule has 1 aromatic heterocycles. The van der Waals surface area contributed by atoms with Gasteiger partial charge in [-0.3, -0.25) is 9.78 Å². The molecular formula is C27H33N3O3. The highest BCUT2D eigenvalue weighted by atomic mass is 16.5. The topological polar surface area (TPSA) is 94.3 Å². The number of ether oxygens (including phenoxy) is 1. The van der Waals surface area contributed by atoms with Crippen LogP contribution in [0.25, 0.3) is 10.8 Å². The monoisotopic (exact) mass is 447 g/mol. The van der Waals surface area contributed by atoms with Gasteiger partial charge in [-0.1, -0.05) is 49.6 Å². The highest BCUT2D eigenvalue weighted by Gasteiger charge is 2.22. The highest BCUT2D eigenvalue weighted by molar-refractivity contribution is 5.84. The van der Waals surface area contributed by atoms with Gasteiger partial charge in [-0.15, -0.1) is 0 Å². The van der Waals surface area contributed by atoms with Crippen LogP contribution >= 0.6 is 0 Å². The molecular weight excluding hydrogens is 414 g/mol. The zero-order valence-corrected chi connectivity index (χ0v) is 19.2. The number of anilines is 1. The molecule has 0 aliphatic heterocycles. The average Bonchev–Trinajstić information content (AvgIpc) is 2.89. The van der Waals surface area contributed by atoms with Crippen LogP contribution in [0.1, 0.15) is 49.1 Å². The Hall–Kier alpha value is -3.25. The predicted molar refractivity (Wildman–Crippen MR) is 132 cm³/mol. The van der Waals surface area contributed by atoms with Gasteiger partial charge < -0.3 is 20.6 Å². The van der Waals surface area contributed by atoms with Crippen LogP contribution in [0.3, 0.4) is 0 Å². The SMILES string of the molecule is CNc1ccc2cnccc2c1.NCC(C=O)c1ccc(COC(=O)C2CCCCC2)cc1. The van der Waals surface area contributed by atoms with Crippen LogP contribution in [-0.2, 0) is 20.9 Å². The maximum absolute atomic E-state index is 12.0. The van der Waals surface area contributed by atoms with Crippen molar-refractivity contribution in [3.63, 3.8) is 0 Å². The summed E-state index contributed by atoms with van der Waals surface area (Å²) in [5, 5.41) is 5.50. The second kappa shape index (κ2) is 12.7. The van der Waals surface area contributed by atoms with Gasteiger partial charge in [0.05, 0.1) is 11.8 Å². The molecule has 0 saturated heterocycles. The summed E-state index contributed by atoms with van der Waals surface area (Å²) in [5.74, 6) is -0.259. The number of esters is 1. The first-order valence-electron chi connectivity index (χ1n) is 11.6. The fourth-order valence-electron chi connectivity index (χ4n) is 3.98. The molecule has 0 bridgehead atoms. The van der Waals surface area contributed by atoms with E-state index in [1.807, 2.05) is 55.8 Å². The Morgan fingerprint density at radius 2 is 1.88 bits per heavy atom. The normalized spacial score (nSPS) is 14.6. The Kier molecular flexibility index (Phi) is 9.39. The number of carbonyl (C=O) groups is 2. The largest absolute Gasteiger partial charge is 0.461 e. The van der Waals surface area contributed by atoms with Crippen LogP contribution in [0.2, 0.25) is 0 Å². The molecule has 0 amide bonds. The lowest BCUT2D eigenvalue weighted by molar-refractivity contribution is -0.151. The van der Waals surface area contributed by atoms with Crippen molar-refractivity contribution in [3.05, 3.63) is 72.1 Å². The number of carbonyl (C=O) groups excluding carboxylic acids is 2. The van der Waals surface area contributed by atoms with Crippen molar-refractivity contribution < 1.29 is 14.3 Å². The van der Waals surface area contributed by atoms with E-state index in [1.54, 1.807) is 0 Å². The van der Waals surface area contributed by atoms with E-state index in [9.17, 15) is 9.59 Å². The molecule has 174 valence electrons. The van der Waals surface area contributed by atoms with E-state index < -0.39 is 0 Å². The van der Waals surface area contributed by atoms with Gasteiger partial charge in [0.15, 0.2) is 0 Å². The van der Waals surface area contributed by atoms with E-state index >= 15 is 0 Å². The maximum atomic E-state index is 12.0. The number of hydrogen-bond acceptors (Lipinski definition) is 6. The Morgan fingerprint density at radius 1 is 1.12 bits per heavy atom. The summed E-state index contributed by atoms with van der Waals surface area (Å²) < 4.78 is 5.39. The van der Waals surface area contributed by atoms with E-state index in [4.69, 9.17) is 10.5 Å². The third-order valence-electron chi connectivity index (χ3n) is 6.07. The minimum Gasteiger partial charge on any atom is -0.461 e. The highest BCUT2D eigenvalue weighted by Crippen LogP contribution is 2.25. The van der Waals surface area contributed by atoms with Crippen LogP contribution in [0.15, 0.2) is 60.9 Å². The molecule has 1 heterocycles. The third kappa shape index (κ3) is 7.12. The number of pyridine rings is 1. The molecule has 33 heavy (non-hydrogen) atoms. The molecule has 0 radical (unpaired) electrons. The lowest BCUT2D eigenvalue weighted by Gasteiger charge is -2.20. The van der Waals surface area contributed by atoms with Crippen molar-refractivity contribution in [1.82, 2.24) is 4.98 Å². The van der Waals surface area contributed by atoms with E-state index in [0.29, 0.717) is 13.2 Å². The lowest BCUT2D eigenvalue weighted by atomic mass is 9.89. The van der Waals surface area contributed by atoms with E-state index in [-0.39, 0.29) is 17.8 Å². The minimum atomic E-state index is -0.260. The molecule has 0 spiro atoms. The summed E-state index contributed by atoms with van der Waals surface area (Å²) in [6.45, 7) is 0.601. The number of nitrogens with zero attached hydrogens (tertiary/aromatic N) is 1. The molecule has 3 N–H and O–H groups in total. The van der Waals surface area contributed by atoms with Gasteiger partial charge in [0.25, 0.3) is 0 Å². The van der Waals surface area contributed by atoms with Gasteiger partial charge in [-0.05, 0) is 47.6 Å². The van der Waals surface area contributed by atoms with Crippen molar-refractivity contribution in [1.29, 1.82) is 0 Å². The maximum Gasteiger partial charge on any atom is 0.309 e. The van der Waals surface area contributed by atoms with Crippen LogP contribution in [0, 0.1) is 5.92 Å². The smallest absolute Gasteiger partial charge is 0.309 e. The lowest BCUT2D eigenvalue weighted by Crippen LogP contribution is -2.20. The van der Waals surface area contributed by atoms with E-state index in [0.717, 1.165) is 48.8 Å². The number of aldehydes is 1. The first-order chi connectivity index (χ1) is 16.1. The van der Waals surface area contributed by atoms with Crippen molar-refractivity contribution >= 4 is 28.7 Å². The fraction of sp³-hybridized carbons (Fsp3) is 0.370. The van der Waals surface area contributed by atoms with Gasteiger partial charge in [0.2, 0.25) is 0 Å². The van der Waals surface area contributed by atoms with Crippen molar-refractivity contribution in [2.45, 2.75) is 44.6 Å². The quantitative estimate of drug-likeness (QED) is 0.398. The summed E-state index contributed by atoms with van der Waals surface area (Å²) in [6.07, 6.45) is 9.92. The summed E-state index contributed by atoms with van der Waals surface area (Å²) >= 11 is 0. The number of rotatable bonds is 7. The zero-order chi connectivity index (χ0) is 23.5. The molecule has 1 saturated carbocycles. The Morgan fingerprint density at radius 3 is 2.55 bits per heavy atom. The zero-order valence-electron chi connectivity index (χ0n) is 19.2. The van der Waals surface area contributed by atoms with Gasteiger partial charge >= 0.3 is 5.97 Å². The van der Waals surface area contributed by atoms with Gasteiger partial charge in [0.1, 0.15) is 12.9 Å². The third-order valence-corrected chi connectivity index (χ3v) is 6.07. The van der Waals surface area contributed by atoms with Gasteiger partial charge in [0, 0.05) is 37.1 Å². The summed E-state index contributed by atoms with van der Waals surface area (Å²) in [6, 6.07) is 15.7. The molecule has 1 fully saturated rings. The summed E-state index contributed by atoms with van der Waals surface area (Å²) in [5.41, 5.74) is 8.50. The molecule has 4 rings (SSSR count). The molecule has 6 nitrogen and oxygen atoms in total. The van der Waals surface area contributed by atoms with Crippen LogP contribution < -0.4 is 11.1 Å². The van der Waals surface area contributed by atoms with Crippen LogP contribution in [0.5, 0.6) is 0 Å². The molecule has 1 atom stereocenters. The Balaban J connectivity index is 0.000000215. The number of nitrogens with one attached hydrogen (secondary N) is 1. The van der Waals surface area contributed by atoms with Crippen molar-refractivity contribution in [2.24, 2.45) is 11.7 Å². The molecule has 1 aliphatic rings. The average molecular weight is 448 g/mol. The second-order valence-corrected chi connectivity index (χ2v) is 8.35. The molecule has 2 aromatic carbocycles. The predicted octanol–water partition coefficient (Wildman–Crippen LogP) is 4.83. The number of nitrogens with two attached hydrogens (primary N) is 1. The number of hydrogen-bond donors (Lipinski definition) is 2. The van der Waals surface area contributed by atoms with E-state index in [2.05, 4.69) is 22.4 Å². The van der Waals surface area contributed by atoms with Gasteiger partial charge in [-0.25, -0.2) is 0 Å². The first-order valence-corrected chi connectivity index (χ1v) is 11.6. The van der Waals surface area contributed by atoms with Crippen LogP contribution in [0.4, 0.5) is 5.69 Å². The molecule has 1 unspecified atom stereocenters. The molecule has 1 aliphatic carbocycles. The number of fused-ring (bicyclic) bond motifs is 1. The summed E-state index contributed by atoms with van der Waals surface area (Å²) in [7, 11) is 1.92. The Labute approximate surface area is 195 Å². The van der Waals surface area contributed by atoms with Gasteiger partial charge in [-0.2, -0.15) is 0 Å². The molecule has 6 heteroatoms. The van der Waals surface area contributed by atoms with Crippen molar-refractivity contribution in [2.75, 3.05) is 18.9 Å². The van der Waals surface area contributed by atoms with Crippen molar-refractivity contribution in [3.8, 4) is 0 Å². The summed E-state index contributed by atoms with van der Waals surface area (Å²) in [4.78, 5) is 26.9. The fourth-order valence-corrected chi connectivity index (χ4v) is 3.98. The number of aromatic nitrogens is 1. The standard InChI is InChI=1S/C17H23NO3.C10H10N2/c18-10-16(11-19)14-8-6-13(7-9-14)12-21-17(20)15-4-2-1-3-5-15;1-11-10-3-2-9-7-12-5-4-8(9)6-10/h6-9,11,15-16H,1-5,10,12,18H2;2-7,11H,1H3. The molecule has 3 aromatic rings. The van der Waals surface area contributed by atoms with Crippen LogP contribution in [-0.4, -0.2) is 30.8 Å². The Bertz CT molecular complexity index is 1030. The number of benzene rings is 2.